The molecule has 0 aromatic heterocycles. The molecule has 4 heteroatoms. The predicted octanol–water partition coefficient (Wildman–Crippen LogP) is 1.13. The minimum absolute atomic E-state index is 0.366. The van der Waals surface area contributed by atoms with Gasteiger partial charge < -0.3 is 9.64 Å². The van der Waals surface area contributed by atoms with Gasteiger partial charge in [-0.25, -0.2) is 0 Å². The minimum Gasteiger partial charge on any atom is -0.380 e. The van der Waals surface area contributed by atoms with Crippen LogP contribution in [-0.4, -0.2) is 49.3 Å². The molecule has 1 saturated heterocycles. The Labute approximate surface area is 104 Å². The summed E-state index contributed by atoms with van der Waals surface area (Å²) in [6.07, 6.45) is 4.45. The van der Waals surface area contributed by atoms with Gasteiger partial charge in [0.2, 0.25) is 0 Å². The highest BCUT2D eigenvalue weighted by Crippen LogP contribution is 2.24. The smallest absolute Gasteiger partial charge is 0.105 e. The first-order chi connectivity index (χ1) is 8.13. The summed E-state index contributed by atoms with van der Waals surface area (Å²) in [5.41, 5.74) is -0.366. The number of nitrogens with zero attached hydrogens (tertiary/aromatic N) is 2. The summed E-state index contributed by atoms with van der Waals surface area (Å²) in [6, 6.07) is 3.55. The summed E-state index contributed by atoms with van der Waals surface area (Å²) in [5.74, 6) is 0. The van der Waals surface area contributed by atoms with Crippen LogP contribution in [0.25, 0.3) is 0 Å². The molecule has 1 N–H and O–H groups in total. The highest BCUT2D eigenvalue weighted by molar-refractivity contribution is 5.07. The number of nitriles is 1. The summed E-state index contributed by atoms with van der Waals surface area (Å²) in [5, 5.41) is 12.7. The van der Waals surface area contributed by atoms with E-state index in [0.717, 1.165) is 32.6 Å². The number of hydrogen-bond donors (Lipinski definition) is 1. The number of nitrogens with one attached hydrogen (secondary N) is 1. The molecule has 4 nitrogen and oxygen atoms in total. The van der Waals surface area contributed by atoms with Gasteiger partial charge in [-0.05, 0) is 39.7 Å². The van der Waals surface area contributed by atoms with Crippen molar-refractivity contribution in [2.24, 2.45) is 0 Å². The Hall–Kier alpha value is -0.630. The largest absolute Gasteiger partial charge is 0.380 e. The Morgan fingerprint density at radius 3 is 2.76 bits per heavy atom. The zero-order chi connectivity index (χ0) is 12.3. The molecule has 1 heterocycles. The lowest BCUT2D eigenvalue weighted by Crippen LogP contribution is -2.46. The minimum atomic E-state index is -0.366. The van der Waals surface area contributed by atoms with Crippen LogP contribution >= 0.6 is 0 Å². The van der Waals surface area contributed by atoms with Crippen molar-refractivity contribution in [2.75, 3.05) is 26.8 Å². The van der Waals surface area contributed by atoms with Crippen LogP contribution < -0.4 is 5.32 Å². The lowest BCUT2D eigenvalue weighted by molar-refractivity contribution is 0.154. The molecule has 0 radical (unpaired) electrons. The van der Waals surface area contributed by atoms with E-state index in [1.165, 1.54) is 12.8 Å². The van der Waals surface area contributed by atoms with E-state index in [0.29, 0.717) is 12.1 Å². The van der Waals surface area contributed by atoms with E-state index < -0.39 is 0 Å². The molecule has 0 aromatic carbocycles. The highest BCUT2D eigenvalue weighted by atomic mass is 16.5. The Kier molecular flexibility index (Phi) is 4.03. The fourth-order valence-corrected chi connectivity index (χ4v) is 2.29. The van der Waals surface area contributed by atoms with E-state index in [9.17, 15) is 5.26 Å². The SMILES string of the molecule is CN(CCC(C)(C#N)NC1CC1)C1CCOC1. The van der Waals surface area contributed by atoms with Gasteiger partial charge in [-0.3, -0.25) is 5.32 Å². The number of rotatable bonds is 6. The molecule has 2 rings (SSSR count). The monoisotopic (exact) mass is 237 g/mol. The number of hydrogen-bond acceptors (Lipinski definition) is 4. The van der Waals surface area contributed by atoms with Crippen LogP contribution in [0.2, 0.25) is 0 Å². The average molecular weight is 237 g/mol. The lowest BCUT2D eigenvalue weighted by Gasteiger charge is -2.28. The van der Waals surface area contributed by atoms with Crippen LogP contribution in [0.15, 0.2) is 0 Å². The van der Waals surface area contributed by atoms with Gasteiger partial charge >= 0.3 is 0 Å². The second-order valence-corrected chi connectivity index (χ2v) is 5.61. The van der Waals surface area contributed by atoms with Gasteiger partial charge in [-0.15, -0.1) is 0 Å². The Morgan fingerprint density at radius 2 is 2.24 bits per heavy atom. The van der Waals surface area contributed by atoms with Gasteiger partial charge in [0.15, 0.2) is 0 Å². The summed E-state index contributed by atoms with van der Waals surface area (Å²) in [6.45, 7) is 4.70. The second-order valence-electron chi connectivity index (χ2n) is 5.61. The van der Waals surface area contributed by atoms with Gasteiger partial charge in [0.25, 0.3) is 0 Å². The van der Waals surface area contributed by atoms with Crippen molar-refractivity contribution in [1.29, 1.82) is 5.26 Å². The van der Waals surface area contributed by atoms with Crippen molar-refractivity contribution < 1.29 is 4.74 Å². The Morgan fingerprint density at radius 1 is 1.47 bits per heavy atom. The molecule has 2 fully saturated rings. The third kappa shape index (κ3) is 3.67. The maximum atomic E-state index is 9.28. The fourth-order valence-electron chi connectivity index (χ4n) is 2.29. The normalized spacial score (nSPS) is 28.0. The maximum absolute atomic E-state index is 9.28. The maximum Gasteiger partial charge on any atom is 0.105 e. The van der Waals surface area contributed by atoms with Gasteiger partial charge in [0.05, 0.1) is 12.7 Å². The molecule has 1 aliphatic heterocycles. The number of likely N-dealkylation sites (N-methyl/N-ethyl adjacent to an activating group) is 1. The first kappa shape index (κ1) is 12.8. The van der Waals surface area contributed by atoms with Gasteiger partial charge in [0, 0.05) is 25.2 Å². The average Bonchev–Trinajstić information content (AvgIpc) is 2.97. The molecule has 0 amide bonds. The highest BCUT2D eigenvalue weighted by Gasteiger charge is 2.33. The summed E-state index contributed by atoms with van der Waals surface area (Å²) in [7, 11) is 2.13. The van der Waals surface area contributed by atoms with E-state index in [2.05, 4.69) is 23.3 Å². The molecule has 0 spiro atoms. The standard InChI is InChI=1S/C13H23N3O/c1-13(10-14,15-11-3-4-11)6-7-16(2)12-5-8-17-9-12/h11-12,15H,3-9H2,1-2H3. The molecule has 0 bridgehead atoms. The quantitative estimate of drug-likeness (QED) is 0.752. The molecule has 2 atom stereocenters. The summed E-state index contributed by atoms with van der Waals surface area (Å²) >= 11 is 0. The first-order valence-corrected chi connectivity index (χ1v) is 6.60. The first-order valence-electron chi connectivity index (χ1n) is 6.60. The van der Waals surface area contributed by atoms with E-state index in [-0.39, 0.29) is 5.54 Å². The fraction of sp³-hybridized carbons (Fsp3) is 0.923. The Balaban J connectivity index is 1.76. The zero-order valence-corrected chi connectivity index (χ0v) is 10.9. The van der Waals surface area contributed by atoms with Crippen molar-refractivity contribution in [3.63, 3.8) is 0 Å². The molecule has 2 unspecified atom stereocenters. The van der Waals surface area contributed by atoms with E-state index in [1.807, 2.05) is 6.92 Å². The summed E-state index contributed by atoms with van der Waals surface area (Å²) < 4.78 is 5.39. The van der Waals surface area contributed by atoms with Gasteiger partial charge in [0.1, 0.15) is 5.54 Å². The number of ether oxygens (including phenoxy) is 1. The molecule has 96 valence electrons. The molecule has 1 aliphatic carbocycles. The topological polar surface area (TPSA) is 48.3 Å². The van der Waals surface area contributed by atoms with Crippen molar-refractivity contribution in [1.82, 2.24) is 10.2 Å². The molecular formula is C13H23N3O. The van der Waals surface area contributed by atoms with Gasteiger partial charge in [-0.1, -0.05) is 0 Å². The third-order valence-electron chi connectivity index (χ3n) is 3.84. The molecule has 0 aromatic rings. The van der Waals surface area contributed by atoms with Crippen LogP contribution in [0, 0.1) is 11.3 Å². The van der Waals surface area contributed by atoms with E-state index in [4.69, 9.17) is 4.74 Å². The van der Waals surface area contributed by atoms with Gasteiger partial charge in [-0.2, -0.15) is 5.26 Å². The lowest BCUT2D eigenvalue weighted by atomic mass is 9.99. The second kappa shape index (κ2) is 5.34. The zero-order valence-electron chi connectivity index (χ0n) is 10.9. The van der Waals surface area contributed by atoms with E-state index >= 15 is 0 Å². The summed E-state index contributed by atoms with van der Waals surface area (Å²) in [4.78, 5) is 2.33. The van der Waals surface area contributed by atoms with Crippen LogP contribution in [-0.2, 0) is 4.74 Å². The van der Waals surface area contributed by atoms with Crippen LogP contribution in [0.4, 0.5) is 0 Å². The third-order valence-corrected chi connectivity index (χ3v) is 3.84. The van der Waals surface area contributed by atoms with Crippen LogP contribution in [0.1, 0.15) is 32.6 Å². The van der Waals surface area contributed by atoms with Crippen LogP contribution in [0.3, 0.4) is 0 Å². The van der Waals surface area contributed by atoms with Crippen molar-refractivity contribution >= 4 is 0 Å². The van der Waals surface area contributed by atoms with Crippen molar-refractivity contribution in [3.05, 3.63) is 0 Å². The van der Waals surface area contributed by atoms with Crippen molar-refractivity contribution in [2.45, 2.75) is 50.2 Å². The molecule has 2 aliphatic rings. The predicted molar refractivity (Wildman–Crippen MR) is 66.6 cm³/mol. The molecule has 17 heavy (non-hydrogen) atoms. The Bertz CT molecular complexity index is 292. The molecule has 1 saturated carbocycles. The molecular weight excluding hydrogens is 214 g/mol. The van der Waals surface area contributed by atoms with Crippen LogP contribution in [0.5, 0.6) is 0 Å². The van der Waals surface area contributed by atoms with E-state index in [1.54, 1.807) is 0 Å². The van der Waals surface area contributed by atoms with Crippen molar-refractivity contribution in [3.8, 4) is 6.07 Å².